The number of aromatic nitrogens is 2. The molecule has 4 saturated heterocycles. The fourth-order valence-corrected chi connectivity index (χ4v) is 12.8. The summed E-state index contributed by atoms with van der Waals surface area (Å²) in [7, 11) is 4.36. The van der Waals surface area contributed by atoms with Crippen LogP contribution in [0.5, 0.6) is 0 Å². The highest BCUT2D eigenvalue weighted by Gasteiger charge is 2.34. The van der Waals surface area contributed by atoms with Gasteiger partial charge in [-0.1, -0.05) is 0 Å². The minimum atomic E-state index is 0.0763. The molecule has 11 heteroatoms. The van der Waals surface area contributed by atoms with Crippen LogP contribution in [0.3, 0.4) is 0 Å². The van der Waals surface area contributed by atoms with Crippen molar-refractivity contribution in [2.45, 2.75) is 121 Å². The molecule has 7 aliphatic rings. The SMILES string of the molecule is Cn1c2c(c3cc(C(=O)N4CCCC(N)C4)ccc31)CC(C1CCOCC1)CC2.Cn1c2c(c3cc(C(=O)N4CCCC(NC(=O)CC5CC5)C4)ccc31)CC(C1CCOCC1)CC2. The normalized spacial score (nSPS) is 25.7. The molecule has 11 nitrogen and oxygen atoms in total. The van der Waals surface area contributed by atoms with Crippen LogP contribution in [-0.4, -0.2) is 101 Å². The Morgan fingerprint density at radius 3 is 1.62 bits per heavy atom. The maximum absolute atomic E-state index is 13.5. The molecule has 4 atom stereocenters. The number of rotatable bonds is 7. The van der Waals surface area contributed by atoms with Crippen LogP contribution in [-0.2, 0) is 54.0 Å². The molecule has 0 radical (unpaired) electrons. The maximum Gasteiger partial charge on any atom is 0.253 e. The molecule has 3 amide bonds. The summed E-state index contributed by atoms with van der Waals surface area (Å²) >= 11 is 0. The molecule has 0 bridgehead atoms. The maximum atomic E-state index is 13.5. The molecule has 11 rings (SSSR count). The minimum absolute atomic E-state index is 0.0763. The average Bonchev–Trinajstić information content (AvgIpc) is 4.06. The van der Waals surface area contributed by atoms with Gasteiger partial charge in [-0.3, -0.25) is 14.4 Å². The zero-order valence-electron chi connectivity index (χ0n) is 38.6. The first kappa shape index (κ1) is 43.7. The number of nitrogens with zero attached hydrogens (tertiary/aromatic N) is 4. The average molecular weight is 873 g/mol. The van der Waals surface area contributed by atoms with Crippen molar-refractivity contribution in [2.75, 3.05) is 52.6 Å². The zero-order chi connectivity index (χ0) is 43.9. The summed E-state index contributed by atoms with van der Waals surface area (Å²) in [5.41, 5.74) is 16.1. The predicted octanol–water partition coefficient (Wildman–Crippen LogP) is 7.50. The van der Waals surface area contributed by atoms with E-state index in [2.05, 4.69) is 52.8 Å². The second-order valence-corrected chi connectivity index (χ2v) is 20.8. The van der Waals surface area contributed by atoms with Gasteiger partial charge >= 0.3 is 0 Å². The molecule has 3 aliphatic carbocycles. The van der Waals surface area contributed by atoms with E-state index in [1.165, 1.54) is 95.7 Å². The van der Waals surface area contributed by atoms with Gasteiger partial charge in [-0.25, -0.2) is 0 Å². The number of nitrogens with one attached hydrogen (secondary N) is 1. The number of aryl methyl sites for hydroxylation is 2. The number of carbonyl (C=O) groups excluding carboxylic acids is 3. The van der Waals surface area contributed by atoms with Crippen molar-refractivity contribution >= 4 is 39.5 Å². The van der Waals surface area contributed by atoms with Crippen LogP contribution in [0.4, 0.5) is 0 Å². The van der Waals surface area contributed by atoms with Crippen molar-refractivity contribution in [2.24, 2.45) is 49.4 Å². The van der Waals surface area contributed by atoms with Gasteiger partial charge in [-0.2, -0.15) is 0 Å². The third-order valence-electron chi connectivity index (χ3n) is 16.7. The predicted molar refractivity (Wildman–Crippen MR) is 251 cm³/mol. The Balaban J connectivity index is 0.000000154. The lowest BCUT2D eigenvalue weighted by Crippen LogP contribution is -2.49. The number of carbonyl (C=O) groups is 3. The van der Waals surface area contributed by atoms with E-state index in [-0.39, 0.29) is 29.8 Å². The van der Waals surface area contributed by atoms with Gasteiger partial charge < -0.3 is 39.5 Å². The topological polar surface area (TPSA) is 124 Å². The number of hydrogen-bond acceptors (Lipinski definition) is 6. The second kappa shape index (κ2) is 19.0. The first-order valence-electron chi connectivity index (χ1n) is 25.2. The molecule has 6 heterocycles. The largest absolute Gasteiger partial charge is 0.381 e. The van der Waals surface area contributed by atoms with Gasteiger partial charge in [0.2, 0.25) is 5.91 Å². The van der Waals surface area contributed by atoms with E-state index in [0.29, 0.717) is 25.4 Å². The summed E-state index contributed by atoms with van der Waals surface area (Å²) in [4.78, 5) is 42.9. The monoisotopic (exact) mass is 873 g/mol. The molecule has 4 unspecified atom stereocenters. The highest BCUT2D eigenvalue weighted by Crippen LogP contribution is 2.41. The molecule has 0 spiro atoms. The van der Waals surface area contributed by atoms with E-state index in [1.807, 2.05) is 21.9 Å². The Kier molecular flexibility index (Phi) is 12.9. The van der Waals surface area contributed by atoms with E-state index in [0.717, 1.165) is 126 Å². The number of ether oxygens (including phenoxy) is 2. The van der Waals surface area contributed by atoms with Crippen molar-refractivity contribution in [3.8, 4) is 0 Å². The van der Waals surface area contributed by atoms with Gasteiger partial charge in [-0.15, -0.1) is 0 Å². The fourth-order valence-electron chi connectivity index (χ4n) is 12.8. The van der Waals surface area contributed by atoms with Crippen LogP contribution in [0, 0.1) is 29.6 Å². The Morgan fingerprint density at radius 2 is 1.12 bits per heavy atom. The summed E-state index contributed by atoms with van der Waals surface area (Å²) in [6.45, 7) is 6.52. The molecular weight excluding hydrogens is 801 g/mol. The molecule has 2 aromatic heterocycles. The number of likely N-dealkylation sites (tertiary alicyclic amines) is 2. The third kappa shape index (κ3) is 9.15. The van der Waals surface area contributed by atoms with Gasteiger partial charge in [0, 0.05) is 130 Å². The smallest absolute Gasteiger partial charge is 0.253 e. The van der Waals surface area contributed by atoms with Crippen LogP contribution >= 0.6 is 0 Å². The van der Waals surface area contributed by atoms with Crippen LogP contribution < -0.4 is 11.1 Å². The third-order valence-corrected chi connectivity index (χ3v) is 16.7. The van der Waals surface area contributed by atoms with Gasteiger partial charge in [-0.05, 0) is 180 Å². The van der Waals surface area contributed by atoms with Gasteiger partial charge in [0.15, 0.2) is 0 Å². The fraction of sp³-hybridized carbons (Fsp3) is 0.642. The Morgan fingerprint density at radius 1 is 0.625 bits per heavy atom. The first-order chi connectivity index (χ1) is 31.2. The van der Waals surface area contributed by atoms with Crippen LogP contribution in [0.1, 0.15) is 127 Å². The summed E-state index contributed by atoms with van der Waals surface area (Å²) in [6, 6.07) is 12.8. The molecule has 64 heavy (non-hydrogen) atoms. The Labute approximate surface area is 379 Å². The standard InChI is InChI=1S/C29H39N3O3.C24H33N3O2/c1-31-26-8-6-21(20-10-13-35-14-11-20)16-24(26)25-17-22(7-9-27(25)31)29(34)32-12-2-3-23(18-32)30-28(33)15-19-4-5-19;1-26-22-6-4-17(16-8-11-29-12-9-16)13-20(22)21-14-18(5-7-23(21)26)24(28)27-10-2-3-19(25)15-27/h7,9,17,19-21,23H,2-6,8,10-16,18H2,1H3,(H,30,33);5,7,14,16-17,19H,2-4,6,8-13,15,25H2,1H3. The van der Waals surface area contributed by atoms with E-state index >= 15 is 0 Å². The van der Waals surface area contributed by atoms with E-state index in [4.69, 9.17) is 15.2 Å². The van der Waals surface area contributed by atoms with Gasteiger partial charge in [0.1, 0.15) is 0 Å². The summed E-state index contributed by atoms with van der Waals surface area (Å²) in [6.07, 6.45) is 18.8. The molecule has 4 aromatic rings. The molecule has 344 valence electrons. The van der Waals surface area contributed by atoms with E-state index in [1.54, 1.807) is 0 Å². The molecule has 3 N–H and O–H groups in total. The highest BCUT2D eigenvalue weighted by molar-refractivity contribution is 6.00. The van der Waals surface area contributed by atoms with Crippen molar-refractivity contribution in [3.63, 3.8) is 0 Å². The number of hydrogen-bond donors (Lipinski definition) is 2. The van der Waals surface area contributed by atoms with Crippen molar-refractivity contribution < 1.29 is 23.9 Å². The van der Waals surface area contributed by atoms with Crippen LogP contribution in [0.2, 0.25) is 0 Å². The van der Waals surface area contributed by atoms with Crippen molar-refractivity contribution in [1.29, 1.82) is 0 Å². The number of fused-ring (bicyclic) bond motifs is 6. The minimum Gasteiger partial charge on any atom is -0.381 e. The molecule has 5 fully saturated rings. The molecule has 2 aromatic carbocycles. The highest BCUT2D eigenvalue weighted by atomic mass is 16.5. The van der Waals surface area contributed by atoms with E-state index in [9.17, 15) is 14.4 Å². The lowest BCUT2D eigenvalue weighted by atomic mass is 9.75. The first-order valence-corrected chi connectivity index (χ1v) is 25.2. The lowest BCUT2D eigenvalue weighted by Gasteiger charge is -2.33. The number of benzene rings is 2. The van der Waals surface area contributed by atoms with Crippen molar-refractivity contribution in [1.82, 2.24) is 24.3 Å². The number of piperidine rings is 2. The number of nitrogens with two attached hydrogens (primary N) is 1. The van der Waals surface area contributed by atoms with Crippen molar-refractivity contribution in [3.05, 3.63) is 70.0 Å². The van der Waals surface area contributed by atoms with E-state index < -0.39 is 0 Å². The second-order valence-electron chi connectivity index (χ2n) is 20.8. The quantitative estimate of drug-likeness (QED) is 0.198. The Hall–Kier alpha value is -4.19. The molecular formula is C53H72N6O5. The number of amides is 3. The molecule has 4 aliphatic heterocycles. The summed E-state index contributed by atoms with van der Waals surface area (Å²) < 4.78 is 15.9. The Bertz CT molecular complexity index is 2350. The lowest BCUT2D eigenvalue weighted by molar-refractivity contribution is -0.122. The van der Waals surface area contributed by atoms with Crippen LogP contribution in [0.25, 0.3) is 21.8 Å². The molecule has 1 saturated carbocycles. The zero-order valence-corrected chi connectivity index (χ0v) is 38.6. The summed E-state index contributed by atoms with van der Waals surface area (Å²) in [5.74, 6) is 3.99. The van der Waals surface area contributed by atoms with Gasteiger partial charge in [0.25, 0.3) is 11.8 Å². The summed E-state index contributed by atoms with van der Waals surface area (Å²) in [5, 5.41) is 5.74. The van der Waals surface area contributed by atoms with Crippen LogP contribution in [0.15, 0.2) is 36.4 Å². The van der Waals surface area contributed by atoms with Gasteiger partial charge in [0.05, 0.1) is 0 Å².